The number of pyridine rings is 1. The van der Waals surface area contributed by atoms with E-state index >= 15 is 0 Å². The first-order chi connectivity index (χ1) is 6.92. The predicted molar refractivity (Wildman–Crippen MR) is 61.2 cm³/mol. The van der Waals surface area contributed by atoms with E-state index in [2.05, 4.69) is 32.4 Å². The van der Waals surface area contributed by atoms with Crippen molar-refractivity contribution in [2.24, 2.45) is 0 Å². The summed E-state index contributed by atoms with van der Waals surface area (Å²) in [6.07, 6.45) is 4.82. The molecule has 14 heavy (non-hydrogen) atoms. The topological polar surface area (TPSA) is 29.9 Å². The Balaban J connectivity index is 2.17. The van der Waals surface area contributed by atoms with Crippen molar-refractivity contribution in [1.29, 1.82) is 0 Å². The third-order valence-electron chi connectivity index (χ3n) is 1.96. The van der Waals surface area contributed by atoms with Gasteiger partial charge in [-0.15, -0.1) is 0 Å². The summed E-state index contributed by atoms with van der Waals surface area (Å²) >= 11 is 3.39. The van der Waals surface area contributed by atoms with Crippen molar-refractivity contribution < 1.29 is 0 Å². The molecule has 0 atom stereocenters. The fraction of sp³-hybridized carbons (Fsp3) is 0.300. The zero-order chi connectivity index (χ0) is 9.80. The van der Waals surface area contributed by atoms with Crippen LogP contribution < -0.4 is 5.43 Å². The second-order valence-electron chi connectivity index (χ2n) is 2.96. The molecule has 0 aromatic carbocycles. The highest BCUT2D eigenvalue weighted by atomic mass is 79.9. The van der Waals surface area contributed by atoms with E-state index < -0.39 is 0 Å². The first-order valence-electron chi connectivity index (χ1n) is 4.55. The summed E-state index contributed by atoms with van der Waals surface area (Å²) in [5.41, 5.74) is 4.21. The van der Waals surface area contributed by atoms with Crippen molar-refractivity contribution in [2.45, 2.75) is 6.42 Å². The third kappa shape index (κ3) is 1.90. The Morgan fingerprint density at radius 2 is 2.50 bits per heavy atom. The molecule has 0 saturated heterocycles. The highest BCUT2D eigenvalue weighted by Gasteiger charge is 1.99. The Hall–Kier alpha value is -1.03. The highest BCUT2D eigenvalue weighted by molar-refractivity contribution is 9.09. The summed E-state index contributed by atoms with van der Waals surface area (Å²) in [5.74, 6) is 0. The van der Waals surface area contributed by atoms with E-state index in [0.29, 0.717) is 0 Å². The summed E-state index contributed by atoms with van der Waals surface area (Å²) < 4.78 is 1.94. The maximum absolute atomic E-state index is 4.28. The molecule has 3 nitrogen and oxygen atoms in total. The molecule has 0 aliphatic heterocycles. The number of halogens is 1. The zero-order valence-electron chi connectivity index (χ0n) is 7.70. The summed E-state index contributed by atoms with van der Waals surface area (Å²) in [6, 6.07) is 6.96. The predicted octanol–water partition coefficient (Wildman–Crippen LogP) is 2.16. The monoisotopic (exact) mass is 252 g/mol. The van der Waals surface area contributed by atoms with Crippen LogP contribution in [-0.2, 0) is 0 Å². The molecule has 73 valence electrons. The van der Waals surface area contributed by atoms with Crippen LogP contribution in [0.2, 0.25) is 0 Å². The highest BCUT2D eigenvalue weighted by Crippen LogP contribution is 2.09. The summed E-state index contributed by atoms with van der Waals surface area (Å²) in [7, 11) is 0. The third-order valence-corrected chi connectivity index (χ3v) is 2.52. The molecule has 0 unspecified atom stereocenters. The van der Waals surface area contributed by atoms with Crippen LogP contribution >= 0.6 is 15.9 Å². The van der Waals surface area contributed by atoms with Crippen LogP contribution in [0.25, 0.3) is 11.0 Å². The van der Waals surface area contributed by atoms with Gasteiger partial charge in [-0.1, -0.05) is 15.9 Å². The Kier molecular flexibility index (Phi) is 3.03. The van der Waals surface area contributed by atoms with Gasteiger partial charge in [0.05, 0.1) is 0 Å². The number of fused-ring (bicyclic) bond motifs is 1. The van der Waals surface area contributed by atoms with Gasteiger partial charge in [0.1, 0.15) is 0 Å². The molecule has 0 aliphatic rings. The molecule has 0 bridgehead atoms. The van der Waals surface area contributed by atoms with E-state index in [1.165, 1.54) is 0 Å². The van der Waals surface area contributed by atoms with Gasteiger partial charge in [-0.25, -0.2) is 9.66 Å². The van der Waals surface area contributed by atoms with Crippen LogP contribution in [0.3, 0.4) is 0 Å². The standard InChI is InChI=1S/C10H11BrN3/c11-5-2-7-13-14-8-4-9-3-1-6-12-10(9)14/h1,4,6,8,13H,2,5,7H2. The summed E-state index contributed by atoms with van der Waals surface area (Å²) in [6.45, 7) is 0.936. The molecule has 0 fully saturated rings. The molecule has 2 heterocycles. The van der Waals surface area contributed by atoms with Crippen molar-refractivity contribution in [3.05, 3.63) is 30.6 Å². The van der Waals surface area contributed by atoms with Gasteiger partial charge < -0.3 is 5.43 Å². The molecule has 2 rings (SSSR count). The minimum absolute atomic E-state index is 0.932. The lowest BCUT2D eigenvalue weighted by Gasteiger charge is -2.06. The zero-order valence-corrected chi connectivity index (χ0v) is 9.29. The van der Waals surface area contributed by atoms with Crippen molar-refractivity contribution in [2.75, 3.05) is 17.3 Å². The van der Waals surface area contributed by atoms with E-state index in [1.807, 2.05) is 23.0 Å². The SMILES string of the molecule is BrCCCNn1ccc2[c]ccnc21. The number of aromatic nitrogens is 2. The molecule has 0 aliphatic carbocycles. The second kappa shape index (κ2) is 4.46. The van der Waals surface area contributed by atoms with Crippen LogP contribution in [0.5, 0.6) is 0 Å². The van der Waals surface area contributed by atoms with Crippen molar-refractivity contribution >= 4 is 27.0 Å². The van der Waals surface area contributed by atoms with Crippen molar-refractivity contribution in [3.8, 4) is 0 Å². The smallest absolute Gasteiger partial charge is 0.158 e. The van der Waals surface area contributed by atoms with Gasteiger partial charge in [-0.2, -0.15) is 0 Å². The molecule has 0 amide bonds. The maximum atomic E-state index is 4.28. The second-order valence-corrected chi connectivity index (χ2v) is 3.76. The number of hydrogen-bond donors (Lipinski definition) is 1. The largest absolute Gasteiger partial charge is 0.324 e. The summed E-state index contributed by atoms with van der Waals surface area (Å²) in [4.78, 5) is 4.28. The molecule has 0 saturated carbocycles. The fourth-order valence-corrected chi connectivity index (χ4v) is 1.58. The number of nitrogens with zero attached hydrogens (tertiary/aromatic N) is 2. The summed E-state index contributed by atoms with van der Waals surface area (Å²) in [5, 5.41) is 2.05. The van der Waals surface area contributed by atoms with Gasteiger partial charge in [-0.3, -0.25) is 0 Å². The molecule has 2 aromatic rings. The Morgan fingerprint density at radius 1 is 1.57 bits per heavy atom. The normalized spacial score (nSPS) is 10.6. The van der Waals surface area contributed by atoms with E-state index in [9.17, 15) is 0 Å². The molecule has 1 N–H and O–H groups in total. The van der Waals surface area contributed by atoms with Crippen molar-refractivity contribution in [1.82, 2.24) is 9.66 Å². The molecule has 2 aromatic heterocycles. The van der Waals surface area contributed by atoms with Gasteiger partial charge in [-0.05, 0) is 24.6 Å². The minimum Gasteiger partial charge on any atom is -0.324 e. The average Bonchev–Trinajstić information content (AvgIpc) is 2.63. The Bertz CT molecular complexity index is 410. The number of hydrogen-bond acceptors (Lipinski definition) is 2. The van der Waals surface area contributed by atoms with Gasteiger partial charge in [0.15, 0.2) is 5.65 Å². The maximum Gasteiger partial charge on any atom is 0.158 e. The minimum atomic E-state index is 0.932. The van der Waals surface area contributed by atoms with Gasteiger partial charge >= 0.3 is 0 Å². The average molecular weight is 253 g/mol. The van der Waals surface area contributed by atoms with Crippen molar-refractivity contribution in [3.63, 3.8) is 0 Å². The lowest BCUT2D eigenvalue weighted by molar-refractivity contribution is 0.832. The first-order valence-corrected chi connectivity index (χ1v) is 5.67. The van der Waals surface area contributed by atoms with E-state index in [1.54, 1.807) is 6.20 Å². The van der Waals surface area contributed by atoms with Crippen LogP contribution in [0.4, 0.5) is 0 Å². The molecule has 4 heteroatoms. The Labute approximate surface area is 91.2 Å². The van der Waals surface area contributed by atoms with Crippen LogP contribution in [0.1, 0.15) is 6.42 Å². The molecular weight excluding hydrogens is 242 g/mol. The molecular formula is C10H11BrN3. The van der Waals surface area contributed by atoms with Crippen LogP contribution in [0.15, 0.2) is 24.5 Å². The molecule has 0 spiro atoms. The number of alkyl halides is 1. The van der Waals surface area contributed by atoms with Gasteiger partial charge in [0.25, 0.3) is 0 Å². The lowest BCUT2D eigenvalue weighted by Crippen LogP contribution is -2.15. The van der Waals surface area contributed by atoms with E-state index in [-0.39, 0.29) is 0 Å². The lowest BCUT2D eigenvalue weighted by atomic mass is 10.3. The van der Waals surface area contributed by atoms with Gasteiger partial charge in [0, 0.05) is 29.7 Å². The Morgan fingerprint density at radius 3 is 3.36 bits per heavy atom. The number of rotatable bonds is 4. The number of nitrogens with one attached hydrogen (secondary N) is 1. The fourth-order valence-electron chi connectivity index (χ4n) is 1.30. The quantitative estimate of drug-likeness (QED) is 0.668. The van der Waals surface area contributed by atoms with Crippen LogP contribution in [-0.4, -0.2) is 21.5 Å². The van der Waals surface area contributed by atoms with E-state index in [4.69, 9.17) is 0 Å². The first kappa shape index (κ1) is 9.52. The van der Waals surface area contributed by atoms with Crippen LogP contribution in [0, 0.1) is 6.07 Å². The van der Waals surface area contributed by atoms with Gasteiger partial charge in [0.2, 0.25) is 0 Å². The molecule has 1 radical (unpaired) electrons. The van der Waals surface area contributed by atoms with E-state index in [0.717, 1.165) is 29.3 Å².